The van der Waals surface area contributed by atoms with Gasteiger partial charge < -0.3 is 15.4 Å². The summed E-state index contributed by atoms with van der Waals surface area (Å²) in [5, 5.41) is 6.82. The zero-order valence-corrected chi connectivity index (χ0v) is 12.0. The zero-order chi connectivity index (χ0) is 14.1. The lowest BCUT2D eigenvalue weighted by Crippen LogP contribution is -2.37. The third kappa shape index (κ3) is 2.93. The Hall–Kier alpha value is -1.88. The first-order chi connectivity index (χ1) is 10.4. The molecular formula is C16H20N4O. The Morgan fingerprint density at radius 2 is 1.90 bits per heavy atom. The van der Waals surface area contributed by atoms with Crippen LogP contribution >= 0.6 is 0 Å². The van der Waals surface area contributed by atoms with Crippen molar-refractivity contribution in [1.82, 2.24) is 15.3 Å². The van der Waals surface area contributed by atoms with Crippen molar-refractivity contribution >= 4 is 16.9 Å². The Balaban J connectivity index is 1.65. The third-order valence-corrected chi connectivity index (χ3v) is 3.99. The van der Waals surface area contributed by atoms with E-state index in [1.54, 1.807) is 0 Å². The first kappa shape index (κ1) is 12.8. The summed E-state index contributed by atoms with van der Waals surface area (Å²) < 4.78 is 6.12. The number of aromatic nitrogens is 2. The molecule has 2 aliphatic rings. The minimum absolute atomic E-state index is 0.189. The van der Waals surface area contributed by atoms with Crippen LogP contribution in [0.5, 0.6) is 5.88 Å². The minimum Gasteiger partial charge on any atom is -0.470 e. The molecule has 1 saturated heterocycles. The number of ether oxygens (including phenoxy) is 1. The molecule has 1 saturated carbocycles. The van der Waals surface area contributed by atoms with Crippen LogP contribution in [0.1, 0.15) is 25.7 Å². The van der Waals surface area contributed by atoms with E-state index in [2.05, 4.69) is 15.6 Å². The normalized spacial score (nSPS) is 22.2. The molecule has 2 N–H and O–H groups in total. The van der Waals surface area contributed by atoms with Gasteiger partial charge >= 0.3 is 0 Å². The maximum atomic E-state index is 6.12. The molecule has 1 aliphatic heterocycles. The predicted molar refractivity (Wildman–Crippen MR) is 82.7 cm³/mol. The molecule has 0 amide bonds. The van der Waals surface area contributed by atoms with Crippen molar-refractivity contribution in [2.24, 2.45) is 0 Å². The molecule has 1 aromatic heterocycles. The smallest absolute Gasteiger partial charge is 0.258 e. The number of nitrogens with zero attached hydrogens (tertiary/aromatic N) is 2. The molecule has 1 atom stereocenters. The highest BCUT2D eigenvalue weighted by Crippen LogP contribution is 2.30. The lowest BCUT2D eigenvalue weighted by molar-refractivity contribution is 0.161. The van der Waals surface area contributed by atoms with Crippen LogP contribution in [0.25, 0.3) is 11.0 Å². The van der Waals surface area contributed by atoms with Crippen LogP contribution in [-0.4, -0.2) is 35.2 Å². The molecule has 1 unspecified atom stereocenters. The Labute approximate surface area is 124 Å². The lowest BCUT2D eigenvalue weighted by atomic mass is 10.1. The highest BCUT2D eigenvalue weighted by molar-refractivity contribution is 5.77. The van der Waals surface area contributed by atoms with Gasteiger partial charge in [0, 0.05) is 12.6 Å². The molecule has 0 radical (unpaired) electrons. The topological polar surface area (TPSA) is 59.1 Å². The highest BCUT2D eigenvalue weighted by atomic mass is 16.5. The van der Waals surface area contributed by atoms with Crippen LogP contribution in [0.15, 0.2) is 24.3 Å². The Morgan fingerprint density at radius 3 is 2.62 bits per heavy atom. The van der Waals surface area contributed by atoms with E-state index in [0.29, 0.717) is 11.9 Å². The summed E-state index contributed by atoms with van der Waals surface area (Å²) in [5.74, 6) is 1.44. The fourth-order valence-corrected chi connectivity index (χ4v) is 2.66. The monoisotopic (exact) mass is 284 g/mol. The predicted octanol–water partition coefficient (Wildman–Crippen LogP) is 2.33. The van der Waals surface area contributed by atoms with Gasteiger partial charge in [-0.05, 0) is 44.4 Å². The van der Waals surface area contributed by atoms with Gasteiger partial charge in [-0.2, -0.15) is 0 Å². The van der Waals surface area contributed by atoms with E-state index < -0.39 is 0 Å². The van der Waals surface area contributed by atoms with E-state index in [4.69, 9.17) is 9.72 Å². The molecule has 2 fully saturated rings. The summed E-state index contributed by atoms with van der Waals surface area (Å²) in [6.45, 7) is 1.97. The van der Waals surface area contributed by atoms with Gasteiger partial charge in [0.25, 0.3) is 5.88 Å². The van der Waals surface area contributed by atoms with Crippen molar-refractivity contribution < 1.29 is 4.74 Å². The molecule has 4 rings (SSSR count). The summed E-state index contributed by atoms with van der Waals surface area (Å²) in [4.78, 5) is 9.38. The largest absolute Gasteiger partial charge is 0.470 e. The van der Waals surface area contributed by atoms with Gasteiger partial charge in [-0.1, -0.05) is 12.1 Å². The van der Waals surface area contributed by atoms with E-state index in [0.717, 1.165) is 42.8 Å². The number of anilines is 1. The van der Waals surface area contributed by atoms with Crippen LogP contribution in [-0.2, 0) is 0 Å². The zero-order valence-electron chi connectivity index (χ0n) is 12.0. The molecule has 21 heavy (non-hydrogen) atoms. The van der Waals surface area contributed by atoms with E-state index in [1.165, 1.54) is 12.8 Å². The van der Waals surface area contributed by atoms with Crippen molar-refractivity contribution in [3.05, 3.63) is 24.3 Å². The molecule has 1 aliphatic carbocycles. The quantitative estimate of drug-likeness (QED) is 0.902. The number of rotatable bonds is 4. The number of para-hydroxylation sites is 2. The van der Waals surface area contributed by atoms with E-state index >= 15 is 0 Å². The molecule has 1 aromatic carbocycles. The second-order valence-corrected chi connectivity index (χ2v) is 5.87. The SMILES string of the molecule is c1ccc2nc(OC3CCCNC3)c(NC3CC3)nc2c1. The second kappa shape index (κ2) is 5.48. The summed E-state index contributed by atoms with van der Waals surface area (Å²) in [5.41, 5.74) is 1.80. The molecule has 2 aromatic rings. The lowest BCUT2D eigenvalue weighted by Gasteiger charge is -2.24. The maximum Gasteiger partial charge on any atom is 0.258 e. The number of fused-ring (bicyclic) bond motifs is 1. The Morgan fingerprint density at radius 1 is 1.10 bits per heavy atom. The van der Waals surface area contributed by atoms with Crippen molar-refractivity contribution in [3.8, 4) is 5.88 Å². The van der Waals surface area contributed by atoms with Gasteiger partial charge in [-0.25, -0.2) is 9.97 Å². The maximum absolute atomic E-state index is 6.12. The minimum atomic E-state index is 0.189. The molecule has 5 nitrogen and oxygen atoms in total. The Kier molecular flexibility index (Phi) is 3.35. The van der Waals surface area contributed by atoms with Crippen LogP contribution in [0.3, 0.4) is 0 Å². The van der Waals surface area contributed by atoms with Gasteiger partial charge in [-0.15, -0.1) is 0 Å². The van der Waals surface area contributed by atoms with E-state index in [9.17, 15) is 0 Å². The standard InChI is InChI=1S/C16H20N4O/c1-2-6-14-13(5-1)19-15(18-11-7-8-11)16(20-14)21-12-4-3-9-17-10-12/h1-2,5-6,11-12,17H,3-4,7-10H2,(H,18,19). The van der Waals surface area contributed by atoms with Gasteiger partial charge in [0.1, 0.15) is 6.10 Å². The second-order valence-electron chi connectivity index (χ2n) is 5.87. The first-order valence-electron chi connectivity index (χ1n) is 7.79. The van der Waals surface area contributed by atoms with Gasteiger partial charge in [0.15, 0.2) is 5.82 Å². The molecule has 110 valence electrons. The number of hydrogen-bond donors (Lipinski definition) is 2. The first-order valence-corrected chi connectivity index (χ1v) is 7.79. The van der Waals surface area contributed by atoms with Crippen LogP contribution in [0.2, 0.25) is 0 Å². The molecule has 2 heterocycles. The molecule has 5 heteroatoms. The van der Waals surface area contributed by atoms with Crippen molar-refractivity contribution in [2.45, 2.75) is 37.8 Å². The Bertz CT molecular complexity index is 635. The summed E-state index contributed by atoms with van der Waals surface area (Å²) >= 11 is 0. The summed E-state index contributed by atoms with van der Waals surface area (Å²) in [6, 6.07) is 8.48. The summed E-state index contributed by atoms with van der Waals surface area (Å²) in [7, 11) is 0. The third-order valence-electron chi connectivity index (χ3n) is 3.99. The average molecular weight is 284 g/mol. The number of benzene rings is 1. The van der Waals surface area contributed by atoms with Crippen molar-refractivity contribution in [3.63, 3.8) is 0 Å². The van der Waals surface area contributed by atoms with Crippen LogP contribution in [0.4, 0.5) is 5.82 Å². The van der Waals surface area contributed by atoms with Crippen molar-refractivity contribution in [1.29, 1.82) is 0 Å². The van der Waals surface area contributed by atoms with Gasteiger partial charge in [0.05, 0.1) is 11.0 Å². The molecule has 0 bridgehead atoms. The summed E-state index contributed by atoms with van der Waals surface area (Å²) in [6.07, 6.45) is 4.83. The fraction of sp³-hybridized carbons (Fsp3) is 0.500. The molecular weight excluding hydrogens is 264 g/mol. The number of nitrogens with one attached hydrogen (secondary N) is 2. The van der Waals surface area contributed by atoms with Crippen molar-refractivity contribution in [2.75, 3.05) is 18.4 Å². The van der Waals surface area contributed by atoms with Crippen LogP contribution in [0, 0.1) is 0 Å². The average Bonchev–Trinajstić information content (AvgIpc) is 3.33. The van der Waals surface area contributed by atoms with E-state index in [-0.39, 0.29) is 6.10 Å². The fourth-order valence-electron chi connectivity index (χ4n) is 2.66. The van der Waals surface area contributed by atoms with Crippen LogP contribution < -0.4 is 15.4 Å². The van der Waals surface area contributed by atoms with Gasteiger partial charge in [0.2, 0.25) is 0 Å². The number of hydrogen-bond acceptors (Lipinski definition) is 5. The highest BCUT2D eigenvalue weighted by Gasteiger charge is 2.25. The van der Waals surface area contributed by atoms with E-state index in [1.807, 2.05) is 24.3 Å². The molecule has 0 spiro atoms. The number of piperidine rings is 1. The van der Waals surface area contributed by atoms with Gasteiger partial charge in [-0.3, -0.25) is 0 Å².